The highest BCUT2D eigenvalue weighted by atomic mass is 35.5. The summed E-state index contributed by atoms with van der Waals surface area (Å²) in [5.41, 5.74) is -2.35. The summed E-state index contributed by atoms with van der Waals surface area (Å²) in [5.74, 6) is -0.320. The number of benzene rings is 1. The maximum absolute atomic E-state index is 12.5. The highest BCUT2D eigenvalue weighted by Gasteiger charge is 2.17. The molecule has 2 aromatic rings. The van der Waals surface area contributed by atoms with Crippen LogP contribution in [0.1, 0.15) is 0 Å². The largest absolute Gasteiger partial charge is 0.495 e. The topological polar surface area (TPSA) is 104 Å². The van der Waals surface area contributed by atoms with E-state index < -0.39 is 29.5 Å². The number of hydrogen-bond donors (Lipinski definition) is 1. The molecule has 1 aromatic carbocycles. The molecule has 0 spiro atoms. The summed E-state index contributed by atoms with van der Waals surface area (Å²) in [6, 6.07) is 4.61. The number of nitrogens with zero attached hydrogens (tertiary/aromatic N) is 3. The molecule has 2 rings (SSSR count). The van der Waals surface area contributed by atoms with E-state index in [9.17, 15) is 19.2 Å². The van der Waals surface area contributed by atoms with Crippen LogP contribution in [0, 0.1) is 0 Å². The highest BCUT2D eigenvalue weighted by molar-refractivity contribution is 6.31. The van der Waals surface area contributed by atoms with Gasteiger partial charge < -0.3 is 10.1 Å². The van der Waals surface area contributed by atoms with Gasteiger partial charge >= 0.3 is 17.1 Å². The number of hydrogen-bond acceptors (Lipinski definition) is 5. The van der Waals surface area contributed by atoms with Crippen molar-refractivity contribution in [1.82, 2.24) is 13.7 Å². The van der Waals surface area contributed by atoms with E-state index >= 15 is 0 Å². The Hall–Kier alpha value is -3.33. The molecule has 0 saturated heterocycles. The Morgan fingerprint density at radius 1 is 1.07 bits per heavy atom. The molecule has 0 aliphatic carbocycles. The predicted octanol–water partition coefficient (Wildman–Crippen LogP) is 0.844. The van der Waals surface area contributed by atoms with Crippen molar-refractivity contribution in [2.75, 3.05) is 12.4 Å². The van der Waals surface area contributed by atoms with Gasteiger partial charge in [-0.2, -0.15) is 0 Å². The van der Waals surface area contributed by atoms with Crippen LogP contribution in [0.3, 0.4) is 0 Å². The summed E-state index contributed by atoms with van der Waals surface area (Å²) >= 11 is 5.92. The van der Waals surface area contributed by atoms with Gasteiger partial charge in [0, 0.05) is 5.02 Å². The Morgan fingerprint density at radius 3 is 2.11 bits per heavy atom. The Balaban J connectivity index is 2.47. The zero-order valence-electron chi connectivity index (χ0n) is 15.2. The quantitative estimate of drug-likeness (QED) is 0.654. The minimum Gasteiger partial charge on any atom is -0.495 e. The van der Waals surface area contributed by atoms with Crippen molar-refractivity contribution in [1.29, 1.82) is 0 Å². The molecule has 1 amide bonds. The van der Waals surface area contributed by atoms with E-state index in [0.717, 1.165) is 9.13 Å². The molecule has 28 heavy (non-hydrogen) atoms. The third-order valence-corrected chi connectivity index (χ3v) is 3.98. The molecule has 0 atom stereocenters. The number of amides is 1. The SMILES string of the molecule is C=CCn1c(=O)n(CC=C)c(=O)n(CC(=O)Nc2cc(Cl)ccc2OC)c1=O. The van der Waals surface area contributed by atoms with Crippen LogP contribution in [0.5, 0.6) is 5.75 Å². The molecule has 0 radical (unpaired) electrons. The van der Waals surface area contributed by atoms with Crippen LogP contribution in [0.4, 0.5) is 5.69 Å². The molecule has 0 bridgehead atoms. The first-order valence-electron chi connectivity index (χ1n) is 8.13. The second-order valence-electron chi connectivity index (χ2n) is 5.63. The van der Waals surface area contributed by atoms with Crippen LogP contribution < -0.4 is 27.1 Å². The number of methoxy groups -OCH3 is 1. The molecule has 1 aromatic heterocycles. The van der Waals surface area contributed by atoms with Gasteiger partial charge in [0.2, 0.25) is 5.91 Å². The van der Waals surface area contributed by atoms with Gasteiger partial charge in [0.1, 0.15) is 12.3 Å². The molecule has 0 unspecified atom stereocenters. The van der Waals surface area contributed by atoms with E-state index in [4.69, 9.17) is 16.3 Å². The molecule has 1 heterocycles. The molecule has 1 N–H and O–H groups in total. The minimum absolute atomic E-state index is 0.112. The fourth-order valence-electron chi connectivity index (χ4n) is 2.50. The second-order valence-corrected chi connectivity index (χ2v) is 6.06. The molecule has 148 valence electrons. The Morgan fingerprint density at radius 2 is 1.61 bits per heavy atom. The lowest BCUT2D eigenvalue weighted by Crippen LogP contribution is -2.55. The molecule has 9 nitrogen and oxygen atoms in total. The number of carbonyl (C=O) groups excluding carboxylic acids is 1. The number of halogens is 1. The van der Waals surface area contributed by atoms with Crippen molar-refractivity contribution in [2.45, 2.75) is 19.6 Å². The lowest BCUT2D eigenvalue weighted by Gasteiger charge is -2.13. The van der Waals surface area contributed by atoms with Crippen LogP contribution in [-0.4, -0.2) is 26.7 Å². The first-order chi connectivity index (χ1) is 13.3. The van der Waals surface area contributed by atoms with E-state index in [-0.39, 0.29) is 18.8 Å². The lowest BCUT2D eigenvalue weighted by atomic mass is 10.3. The van der Waals surface area contributed by atoms with E-state index in [2.05, 4.69) is 18.5 Å². The molecule has 0 saturated carbocycles. The number of carbonyl (C=O) groups is 1. The zero-order chi connectivity index (χ0) is 20.8. The van der Waals surface area contributed by atoms with Crippen LogP contribution in [0.15, 0.2) is 57.9 Å². The first kappa shape index (κ1) is 21.0. The van der Waals surface area contributed by atoms with E-state index in [1.54, 1.807) is 12.1 Å². The molecular weight excluding hydrogens is 388 g/mol. The summed E-state index contributed by atoms with van der Waals surface area (Å²) in [5, 5.41) is 2.90. The summed E-state index contributed by atoms with van der Waals surface area (Å²) in [4.78, 5) is 49.8. The number of ether oxygens (including phenoxy) is 1. The number of aromatic nitrogens is 3. The maximum Gasteiger partial charge on any atom is 0.337 e. The van der Waals surface area contributed by atoms with Crippen molar-refractivity contribution in [3.8, 4) is 5.75 Å². The monoisotopic (exact) mass is 406 g/mol. The number of nitrogens with one attached hydrogen (secondary N) is 1. The number of anilines is 1. The Kier molecular flexibility index (Phi) is 6.78. The van der Waals surface area contributed by atoms with Crippen molar-refractivity contribution in [3.63, 3.8) is 0 Å². The molecule has 0 fully saturated rings. The average molecular weight is 407 g/mol. The molecule has 10 heteroatoms. The van der Waals surface area contributed by atoms with E-state index in [1.807, 2.05) is 0 Å². The van der Waals surface area contributed by atoms with Gasteiger partial charge in [-0.3, -0.25) is 4.79 Å². The van der Waals surface area contributed by atoms with Crippen LogP contribution in [0.25, 0.3) is 0 Å². The first-order valence-corrected chi connectivity index (χ1v) is 8.51. The van der Waals surface area contributed by atoms with Crippen molar-refractivity contribution < 1.29 is 9.53 Å². The summed E-state index contributed by atoms with van der Waals surface area (Å²) in [6.07, 6.45) is 2.68. The minimum atomic E-state index is -0.913. The van der Waals surface area contributed by atoms with Crippen molar-refractivity contribution >= 4 is 23.2 Å². The molecule has 0 aliphatic heterocycles. The van der Waals surface area contributed by atoms with Crippen molar-refractivity contribution in [2.24, 2.45) is 0 Å². The fraction of sp³-hybridized carbons (Fsp3) is 0.222. The van der Waals surface area contributed by atoms with E-state index in [0.29, 0.717) is 15.3 Å². The third kappa shape index (κ3) is 4.32. The smallest absolute Gasteiger partial charge is 0.337 e. The lowest BCUT2D eigenvalue weighted by molar-refractivity contribution is -0.116. The van der Waals surface area contributed by atoms with Gasteiger partial charge in [0.05, 0.1) is 25.9 Å². The fourth-order valence-corrected chi connectivity index (χ4v) is 2.67. The van der Waals surface area contributed by atoms with E-state index in [1.165, 1.54) is 25.3 Å². The van der Waals surface area contributed by atoms with Gasteiger partial charge in [-0.15, -0.1) is 13.2 Å². The van der Waals surface area contributed by atoms with Crippen LogP contribution in [-0.2, 0) is 24.4 Å². The van der Waals surface area contributed by atoms with Crippen LogP contribution in [0.2, 0.25) is 5.02 Å². The zero-order valence-corrected chi connectivity index (χ0v) is 15.9. The average Bonchev–Trinajstić information content (AvgIpc) is 2.66. The third-order valence-electron chi connectivity index (χ3n) is 3.75. The van der Waals surface area contributed by atoms with Gasteiger partial charge in [0.25, 0.3) is 0 Å². The second kappa shape index (κ2) is 9.05. The number of allylic oxidation sites excluding steroid dienone is 2. The highest BCUT2D eigenvalue weighted by Crippen LogP contribution is 2.27. The maximum atomic E-state index is 12.5. The van der Waals surface area contributed by atoms with Gasteiger partial charge in [-0.1, -0.05) is 23.8 Å². The van der Waals surface area contributed by atoms with Gasteiger partial charge in [-0.05, 0) is 18.2 Å². The summed E-state index contributed by atoms with van der Waals surface area (Å²) in [7, 11) is 1.42. The predicted molar refractivity (Wildman–Crippen MR) is 106 cm³/mol. The molecule has 0 aliphatic rings. The van der Waals surface area contributed by atoms with Gasteiger partial charge in [-0.25, -0.2) is 28.1 Å². The Bertz CT molecular complexity index is 1050. The molecular formula is C18H19ClN4O5. The number of rotatable bonds is 8. The Labute approximate surface area is 164 Å². The van der Waals surface area contributed by atoms with Gasteiger partial charge in [0.15, 0.2) is 0 Å². The van der Waals surface area contributed by atoms with Crippen LogP contribution >= 0.6 is 11.6 Å². The van der Waals surface area contributed by atoms with Crippen molar-refractivity contribution in [3.05, 3.63) is 80.0 Å². The summed E-state index contributed by atoms with van der Waals surface area (Å²) < 4.78 is 7.43. The standard InChI is InChI=1S/C18H19ClN4O5/c1-4-8-21-16(25)22(9-5-2)18(27)23(17(21)26)11-15(24)20-13-10-12(19)6-7-14(13)28-3/h4-7,10H,1-2,8-9,11H2,3H3,(H,20,24). The summed E-state index contributed by atoms with van der Waals surface area (Å²) in [6.45, 7) is 6.14. The normalized spacial score (nSPS) is 10.4.